The average molecular weight is 597 g/mol. The van der Waals surface area contributed by atoms with E-state index in [2.05, 4.69) is 21.6 Å². The predicted molar refractivity (Wildman–Crippen MR) is 159 cm³/mol. The molecule has 2 aliphatic heterocycles. The van der Waals surface area contributed by atoms with Gasteiger partial charge in [-0.1, -0.05) is 0 Å². The maximum atomic E-state index is 15.7. The van der Waals surface area contributed by atoms with Crippen LogP contribution >= 0.6 is 0 Å². The Bertz CT molecular complexity index is 1530. The number of urea groups is 1. The second-order valence-electron chi connectivity index (χ2n) is 11.8. The number of rotatable bonds is 7. The first-order valence-corrected chi connectivity index (χ1v) is 14.2. The smallest absolute Gasteiger partial charge is 0.329 e. The molecule has 2 aromatic heterocycles. The standard InChI is InChI=1S/C31H38F2N6O4/c1-18-22(17-36(6)35-18)23-13-24-20(15-34-23)16-38(29-27(32)25(41-7)14-26(42-8)28(29)33)30(40)39(24)21-9-11-37(12-10-21)19(2)43-31(3,4)5/h13-15,17,21H,2,9-12,16H2,1,3-8H3. The van der Waals surface area contributed by atoms with Gasteiger partial charge in [-0.3, -0.25) is 19.5 Å². The summed E-state index contributed by atoms with van der Waals surface area (Å²) >= 11 is 0. The Balaban J connectivity index is 1.57. The molecule has 1 fully saturated rings. The van der Waals surface area contributed by atoms with Crippen LogP contribution in [0.1, 0.15) is 44.9 Å². The molecule has 0 atom stereocenters. The second-order valence-corrected chi connectivity index (χ2v) is 11.8. The lowest BCUT2D eigenvalue weighted by Crippen LogP contribution is -2.55. The van der Waals surface area contributed by atoms with E-state index >= 15 is 8.78 Å². The van der Waals surface area contributed by atoms with Crippen molar-refractivity contribution >= 4 is 17.4 Å². The summed E-state index contributed by atoms with van der Waals surface area (Å²) in [4.78, 5) is 23.8. The Kier molecular flexibility index (Phi) is 7.97. The molecule has 2 aliphatic rings. The minimum absolute atomic E-state index is 0.0940. The van der Waals surface area contributed by atoms with Crippen molar-refractivity contribution < 1.29 is 27.8 Å². The van der Waals surface area contributed by atoms with E-state index in [0.717, 1.165) is 22.2 Å². The fourth-order valence-corrected chi connectivity index (χ4v) is 5.72. The van der Waals surface area contributed by atoms with Crippen molar-refractivity contribution in [1.82, 2.24) is 19.7 Å². The molecule has 1 aromatic carbocycles. The van der Waals surface area contributed by atoms with Gasteiger partial charge in [-0.2, -0.15) is 5.10 Å². The molecule has 2 amide bonds. The zero-order valence-electron chi connectivity index (χ0n) is 25.7. The lowest BCUT2D eigenvalue weighted by atomic mass is 9.99. The largest absolute Gasteiger partial charge is 0.493 e. The van der Waals surface area contributed by atoms with Gasteiger partial charge in [-0.15, -0.1) is 0 Å². The number of methoxy groups -OCH3 is 2. The molecule has 0 saturated carbocycles. The molecule has 3 aromatic rings. The second kappa shape index (κ2) is 11.4. The highest BCUT2D eigenvalue weighted by molar-refractivity contribution is 6.07. The van der Waals surface area contributed by atoms with E-state index in [0.29, 0.717) is 48.8 Å². The van der Waals surface area contributed by atoms with Gasteiger partial charge in [-0.05, 0) is 53.2 Å². The highest BCUT2D eigenvalue weighted by Gasteiger charge is 2.41. The Labute approximate surface area is 250 Å². The number of carbonyl (C=O) groups excluding carboxylic acids is 1. The van der Waals surface area contributed by atoms with Crippen LogP contribution in [0.4, 0.5) is 25.0 Å². The van der Waals surface area contributed by atoms with Crippen molar-refractivity contribution in [2.45, 2.75) is 58.7 Å². The van der Waals surface area contributed by atoms with E-state index in [1.54, 1.807) is 15.8 Å². The number of ether oxygens (including phenoxy) is 3. The van der Waals surface area contributed by atoms with Crippen molar-refractivity contribution in [3.8, 4) is 22.8 Å². The number of amides is 2. The molecule has 12 heteroatoms. The van der Waals surface area contributed by atoms with Gasteiger partial charge in [0, 0.05) is 55.8 Å². The zero-order chi connectivity index (χ0) is 31.2. The number of aromatic nitrogens is 3. The maximum Gasteiger partial charge on any atom is 0.329 e. The molecule has 0 unspecified atom stereocenters. The molecule has 0 spiro atoms. The van der Waals surface area contributed by atoms with Crippen molar-refractivity contribution in [3.63, 3.8) is 0 Å². The van der Waals surface area contributed by atoms with Crippen LogP contribution in [0.2, 0.25) is 0 Å². The Morgan fingerprint density at radius 1 is 1.07 bits per heavy atom. The minimum atomic E-state index is -0.987. The molecule has 5 rings (SSSR count). The summed E-state index contributed by atoms with van der Waals surface area (Å²) in [6, 6.07) is 2.17. The van der Waals surface area contributed by atoms with Crippen molar-refractivity contribution in [1.29, 1.82) is 0 Å². The monoisotopic (exact) mass is 596 g/mol. The summed E-state index contributed by atoms with van der Waals surface area (Å²) in [6.07, 6.45) is 4.70. The number of likely N-dealkylation sites (tertiary alicyclic amines) is 1. The number of fused-ring (bicyclic) bond motifs is 1. The fraction of sp³-hybridized carbons (Fsp3) is 0.452. The third-order valence-corrected chi connectivity index (χ3v) is 7.70. The van der Waals surface area contributed by atoms with E-state index in [-0.39, 0.29) is 24.1 Å². The van der Waals surface area contributed by atoms with Gasteiger partial charge in [0.1, 0.15) is 11.3 Å². The molecule has 0 radical (unpaired) electrons. The highest BCUT2D eigenvalue weighted by atomic mass is 19.1. The molecule has 0 bridgehead atoms. The SMILES string of the molecule is C=C(OC(C)(C)C)N1CCC(N2C(=O)N(c3c(F)c(OC)cc(OC)c3F)Cc3cnc(-c4cn(C)nc4C)cc32)CC1. The Morgan fingerprint density at radius 3 is 2.23 bits per heavy atom. The van der Waals surface area contributed by atoms with E-state index in [1.807, 2.05) is 47.0 Å². The van der Waals surface area contributed by atoms with Gasteiger partial charge in [0.25, 0.3) is 0 Å². The van der Waals surface area contributed by atoms with E-state index < -0.39 is 29.0 Å². The van der Waals surface area contributed by atoms with Gasteiger partial charge >= 0.3 is 6.03 Å². The quantitative estimate of drug-likeness (QED) is 0.320. The van der Waals surface area contributed by atoms with Crippen LogP contribution in [0.15, 0.2) is 37.0 Å². The van der Waals surface area contributed by atoms with E-state index in [9.17, 15) is 4.79 Å². The minimum Gasteiger partial charge on any atom is -0.493 e. The van der Waals surface area contributed by atoms with Gasteiger partial charge in [0.15, 0.2) is 29.0 Å². The van der Waals surface area contributed by atoms with Crippen LogP contribution in [0.25, 0.3) is 11.3 Å². The predicted octanol–water partition coefficient (Wildman–Crippen LogP) is 5.78. The molecule has 0 aliphatic carbocycles. The summed E-state index contributed by atoms with van der Waals surface area (Å²) in [6.45, 7) is 13.0. The molecule has 1 saturated heterocycles. The third kappa shape index (κ3) is 5.70. The summed E-state index contributed by atoms with van der Waals surface area (Å²) in [5.74, 6) is -1.87. The number of aryl methyl sites for hydroxylation is 2. The van der Waals surface area contributed by atoms with Crippen LogP contribution in [-0.2, 0) is 18.3 Å². The number of piperidine rings is 1. The first kappa shape index (κ1) is 30.1. The topological polar surface area (TPSA) is 85.2 Å². The summed E-state index contributed by atoms with van der Waals surface area (Å²) in [7, 11) is 4.38. The summed E-state index contributed by atoms with van der Waals surface area (Å²) < 4.78 is 49.3. The molecule has 4 heterocycles. The number of benzene rings is 1. The first-order valence-electron chi connectivity index (χ1n) is 14.2. The van der Waals surface area contributed by atoms with E-state index in [1.165, 1.54) is 14.2 Å². The number of hydrogen-bond donors (Lipinski definition) is 0. The van der Waals surface area contributed by atoms with Gasteiger partial charge in [0.05, 0.1) is 37.8 Å². The van der Waals surface area contributed by atoms with Crippen molar-refractivity contribution in [3.05, 3.63) is 59.9 Å². The number of hydrogen-bond acceptors (Lipinski definition) is 7. The normalized spacial score (nSPS) is 15.9. The van der Waals surface area contributed by atoms with Gasteiger partial charge < -0.3 is 19.1 Å². The summed E-state index contributed by atoms with van der Waals surface area (Å²) in [5.41, 5.74) is 2.65. The molecular weight excluding hydrogens is 558 g/mol. The number of anilines is 2. The Morgan fingerprint density at radius 2 is 1.70 bits per heavy atom. The summed E-state index contributed by atoms with van der Waals surface area (Å²) in [5, 5.41) is 4.43. The molecule has 10 nitrogen and oxygen atoms in total. The Hall–Kier alpha value is -4.35. The number of carbonyl (C=O) groups is 1. The number of pyridine rings is 1. The van der Waals surface area contributed by atoms with Crippen LogP contribution in [0, 0.1) is 18.6 Å². The third-order valence-electron chi connectivity index (χ3n) is 7.70. The molecule has 0 N–H and O–H groups in total. The fourth-order valence-electron chi connectivity index (χ4n) is 5.72. The van der Waals surface area contributed by atoms with Crippen LogP contribution in [0.3, 0.4) is 0 Å². The highest BCUT2D eigenvalue weighted by Crippen LogP contribution is 2.43. The molecule has 43 heavy (non-hydrogen) atoms. The van der Waals surface area contributed by atoms with Gasteiger partial charge in [-0.25, -0.2) is 13.6 Å². The maximum absolute atomic E-state index is 15.7. The van der Waals surface area contributed by atoms with Gasteiger partial charge in [0.2, 0.25) is 0 Å². The lowest BCUT2D eigenvalue weighted by molar-refractivity contribution is -0.00273. The average Bonchev–Trinajstić information content (AvgIpc) is 3.30. The lowest BCUT2D eigenvalue weighted by Gasteiger charge is -2.45. The first-order chi connectivity index (χ1) is 20.3. The number of halogens is 2. The molecular formula is C31H38F2N6O4. The van der Waals surface area contributed by atoms with E-state index in [4.69, 9.17) is 14.2 Å². The number of nitrogens with zero attached hydrogens (tertiary/aromatic N) is 6. The van der Waals surface area contributed by atoms with Crippen molar-refractivity contribution in [2.75, 3.05) is 37.1 Å². The van der Waals surface area contributed by atoms with Crippen LogP contribution in [-0.4, -0.2) is 64.6 Å². The molecule has 230 valence electrons. The van der Waals surface area contributed by atoms with Crippen LogP contribution < -0.4 is 19.3 Å². The zero-order valence-corrected chi connectivity index (χ0v) is 25.7. The van der Waals surface area contributed by atoms with Crippen molar-refractivity contribution in [2.24, 2.45) is 7.05 Å². The van der Waals surface area contributed by atoms with Crippen LogP contribution in [0.5, 0.6) is 11.5 Å².